The minimum Gasteiger partial charge on any atom is -0.475 e. The van der Waals surface area contributed by atoms with Gasteiger partial charge < -0.3 is 14.7 Å². The quantitative estimate of drug-likeness (QED) is 0.760. The van der Waals surface area contributed by atoms with Crippen LogP contribution in [0.15, 0.2) is 24.3 Å². The first-order valence-electron chi connectivity index (χ1n) is 9.31. The molecule has 1 aromatic rings. The van der Waals surface area contributed by atoms with Gasteiger partial charge in [0.1, 0.15) is 12.4 Å². The maximum Gasteiger partial charge on any atom is 0.490 e. The highest BCUT2D eigenvalue weighted by molar-refractivity contribution is 5.78. The van der Waals surface area contributed by atoms with Crippen LogP contribution < -0.4 is 0 Å². The number of carbonyl (C=O) groups is 2. The maximum absolute atomic E-state index is 13.0. The Balaban J connectivity index is 0.000000298. The zero-order chi connectivity index (χ0) is 21.2. The summed E-state index contributed by atoms with van der Waals surface area (Å²) >= 11 is 0. The van der Waals surface area contributed by atoms with E-state index in [4.69, 9.17) is 14.6 Å². The molecule has 1 saturated carbocycles. The first kappa shape index (κ1) is 21.5. The van der Waals surface area contributed by atoms with Crippen molar-refractivity contribution < 1.29 is 37.0 Å². The number of carboxylic acids is 1. The number of carboxylic acid groups (broad SMARTS) is 1. The minimum atomic E-state index is -5.08. The van der Waals surface area contributed by atoms with Crippen LogP contribution in [0.25, 0.3) is 0 Å². The molecule has 3 aliphatic rings. The second-order valence-corrected chi connectivity index (χ2v) is 7.53. The lowest BCUT2D eigenvalue weighted by molar-refractivity contribution is -0.192. The number of aliphatic carboxylic acids is 1. The second-order valence-electron chi connectivity index (χ2n) is 7.53. The number of likely N-dealkylation sites (tertiary alicyclic amines) is 1. The highest BCUT2D eigenvalue weighted by Gasteiger charge is 2.44. The van der Waals surface area contributed by atoms with Gasteiger partial charge in [-0.25, -0.2) is 9.18 Å². The lowest BCUT2D eigenvalue weighted by atomic mass is 10.1. The van der Waals surface area contributed by atoms with Crippen molar-refractivity contribution in [2.75, 3.05) is 26.2 Å². The van der Waals surface area contributed by atoms with Gasteiger partial charge in [-0.2, -0.15) is 13.2 Å². The van der Waals surface area contributed by atoms with E-state index in [1.54, 1.807) is 0 Å². The van der Waals surface area contributed by atoms with E-state index >= 15 is 0 Å². The van der Waals surface area contributed by atoms with E-state index in [0.29, 0.717) is 5.92 Å². The van der Waals surface area contributed by atoms with Gasteiger partial charge in [0.2, 0.25) is 5.91 Å². The molecule has 2 atom stereocenters. The molecule has 0 radical (unpaired) electrons. The second kappa shape index (κ2) is 8.66. The molecule has 2 aliphatic heterocycles. The Morgan fingerprint density at radius 3 is 2.34 bits per heavy atom. The third kappa shape index (κ3) is 5.89. The molecule has 3 fully saturated rings. The number of amides is 1. The van der Waals surface area contributed by atoms with Gasteiger partial charge >= 0.3 is 12.1 Å². The van der Waals surface area contributed by atoms with Gasteiger partial charge in [0.25, 0.3) is 0 Å². The molecule has 6 nitrogen and oxygen atoms in total. The monoisotopic (exact) mass is 418 g/mol. The maximum atomic E-state index is 13.0. The summed E-state index contributed by atoms with van der Waals surface area (Å²) in [5.74, 6) is -2.12. The van der Waals surface area contributed by atoms with Gasteiger partial charge in [0, 0.05) is 26.2 Å². The Morgan fingerprint density at radius 1 is 1.17 bits per heavy atom. The zero-order valence-corrected chi connectivity index (χ0v) is 15.6. The van der Waals surface area contributed by atoms with Crippen molar-refractivity contribution in [3.63, 3.8) is 0 Å². The molecule has 10 heteroatoms. The van der Waals surface area contributed by atoms with E-state index in [2.05, 4.69) is 9.80 Å². The van der Waals surface area contributed by atoms with Gasteiger partial charge in [-0.3, -0.25) is 9.69 Å². The van der Waals surface area contributed by atoms with Crippen LogP contribution in [0.5, 0.6) is 0 Å². The molecule has 160 valence electrons. The molecule has 1 amide bonds. The number of halogens is 4. The van der Waals surface area contributed by atoms with Gasteiger partial charge in [0.15, 0.2) is 0 Å². The van der Waals surface area contributed by atoms with Crippen LogP contribution in [0.3, 0.4) is 0 Å². The smallest absolute Gasteiger partial charge is 0.475 e. The largest absolute Gasteiger partial charge is 0.490 e. The molecule has 0 unspecified atom stereocenters. The van der Waals surface area contributed by atoms with Crippen molar-refractivity contribution in [3.8, 4) is 0 Å². The van der Waals surface area contributed by atoms with E-state index < -0.39 is 12.1 Å². The molecule has 1 N–H and O–H groups in total. The molecule has 1 aromatic carbocycles. The highest BCUT2D eigenvalue weighted by Crippen LogP contribution is 2.33. The van der Waals surface area contributed by atoms with E-state index in [1.165, 1.54) is 25.0 Å². The Labute approximate surface area is 165 Å². The third-order valence-electron chi connectivity index (χ3n) is 5.17. The summed E-state index contributed by atoms with van der Waals surface area (Å²) in [6.07, 6.45) is -2.46. The number of alkyl halides is 3. The normalized spacial score (nSPS) is 24.7. The molecule has 2 heterocycles. The summed E-state index contributed by atoms with van der Waals surface area (Å²) in [6, 6.07) is 6.83. The topological polar surface area (TPSA) is 70.1 Å². The van der Waals surface area contributed by atoms with Gasteiger partial charge in [-0.15, -0.1) is 0 Å². The lowest BCUT2D eigenvalue weighted by Gasteiger charge is -2.36. The zero-order valence-electron chi connectivity index (χ0n) is 15.6. The van der Waals surface area contributed by atoms with E-state index in [9.17, 15) is 22.4 Å². The highest BCUT2D eigenvalue weighted by atomic mass is 19.4. The number of hydrogen-bond donors (Lipinski definition) is 1. The minimum absolute atomic E-state index is 0.122. The van der Waals surface area contributed by atoms with Crippen LogP contribution in [-0.4, -0.2) is 71.3 Å². The fraction of sp³-hybridized carbons (Fsp3) is 0.579. The first-order valence-corrected chi connectivity index (χ1v) is 9.31. The molecule has 4 rings (SSSR count). The summed E-state index contributed by atoms with van der Waals surface area (Å²) in [7, 11) is 0. The van der Waals surface area contributed by atoms with E-state index in [-0.39, 0.29) is 30.5 Å². The SMILES string of the molecule is O=C(O)C(F)(F)F.O=C1CO[C@@H]2CN(Cc3ccc(F)cc3)C[C@H]2N1CC1CC1. The van der Waals surface area contributed by atoms with Crippen molar-refractivity contribution in [3.05, 3.63) is 35.6 Å². The Hall–Kier alpha value is -2.20. The van der Waals surface area contributed by atoms with Crippen LogP contribution in [0.4, 0.5) is 17.6 Å². The van der Waals surface area contributed by atoms with Crippen molar-refractivity contribution in [2.45, 2.75) is 37.7 Å². The fourth-order valence-corrected chi connectivity index (χ4v) is 3.53. The molecular weight excluding hydrogens is 396 g/mol. The number of hydrogen-bond acceptors (Lipinski definition) is 4. The molecule has 2 saturated heterocycles. The molecule has 0 bridgehead atoms. The number of rotatable bonds is 4. The van der Waals surface area contributed by atoms with Crippen LogP contribution >= 0.6 is 0 Å². The number of benzene rings is 1. The van der Waals surface area contributed by atoms with Gasteiger partial charge in [-0.05, 0) is 36.5 Å². The van der Waals surface area contributed by atoms with Crippen LogP contribution in [0.2, 0.25) is 0 Å². The number of nitrogens with zero attached hydrogens (tertiary/aromatic N) is 2. The van der Waals surface area contributed by atoms with Crippen molar-refractivity contribution in [1.29, 1.82) is 0 Å². The number of fused-ring (bicyclic) bond motifs is 1. The fourth-order valence-electron chi connectivity index (χ4n) is 3.53. The predicted octanol–water partition coefficient (Wildman–Crippen LogP) is 2.28. The Morgan fingerprint density at radius 2 is 1.79 bits per heavy atom. The van der Waals surface area contributed by atoms with Crippen LogP contribution in [0, 0.1) is 11.7 Å². The number of ether oxygens (including phenoxy) is 1. The van der Waals surface area contributed by atoms with E-state index in [0.717, 1.165) is 31.7 Å². The average Bonchev–Trinajstić information content (AvgIpc) is 3.37. The van der Waals surface area contributed by atoms with E-state index in [1.807, 2.05) is 12.1 Å². The van der Waals surface area contributed by atoms with Crippen LogP contribution in [-0.2, 0) is 20.9 Å². The Kier molecular flexibility index (Phi) is 6.42. The molecule has 0 aromatic heterocycles. The third-order valence-corrected chi connectivity index (χ3v) is 5.17. The summed E-state index contributed by atoms with van der Waals surface area (Å²) < 4.78 is 50.5. The lowest BCUT2D eigenvalue weighted by Crippen LogP contribution is -2.54. The predicted molar refractivity (Wildman–Crippen MR) is 93.3 cm³/mol. The number of carbonyl (C=O) groups excluding carboxylic acids is 1. The van der Waals surface area contributed by atoms with Crippen molar-refractivity contribution in [1.82, 2.24) is 9.80 Å². The van der Waals surface area contributed by atoms with Crippen molar-refractivity contribution >= 4 is 11.9 Å². The summed E-state index contributed by atoms with van der Waals surface area (Å²) in [5.41, 5.74) is 1.10. The molecule has 29 heavy (non-hydrogen) atoms. The average molecular weight is 418 g/mol. The summed E-state index contributed by atoms with van der Waals surface area (Å²) in [6.45, 7) is 3.59. The standard InChI is InChI=1S/C17H21FN2O2.C2HF3O2/c18-14-5-3-12(4-6-14)7-19-9-15-16(10-19)22-11-17(21)20(15)8-13-1-2-13;3-2(4,5)1(6)7/h3-6,13,15-16H,1-2,7-11H2;(H,6,7)/t15-,16-;/m1./s1. The van der Waals surface area contributed by atoms with Gasteiger partial charge in [-0.1, -0.05) is 12.1 Å². The number of morpholine rings is 1. The Bertz CT molecular complexity index is 737. The first-order chi connectivity index (χ1) is 13.6. The molecule has 1 aliphatic carbocycles. The summed E-state index contributed by atoms with van der Waals surface area (Å²) in [4.78, 5) is 25.4. The molecule has 0 spiro atoms. The van der Waals surface area contributed by atoms with Gasteiger partial charge in [0.05, 0.1) is 12.1 Å². The van der Waals surface area contributed by atoms with Crippen LogP contribution in [0.1, 0.15) is 18.4 Å². The van der Waals surface area contributed by atoms with Crippen molar-refractivity contribution in [2.24, 2.45) is 5.92 Å². The molecular formula is C19H22F4N2O4. The summed E-state index contributed by atoms with van der Waals surface area (Å²) in [5, 5.41) is 7.12.